The first kappa shape index (κ1) is 13.2. The molecule has 2 saturated heterocycles. The van der Waals surface area contributed by atoms with Crippen molar-refractivity contribution in [3.8, 4) is 0 Å². The summed E-state index contributed by atoms with van der Waals surface area (Å²) in [7, 11) is 0. The van der Waals surface area contributed by atoms with E-state index in [9.17, 15) is 9.90 Å². The second kappa shape index (κ2) is 4.98. The summed E-state index contributed by atoms with van der Waals surface area (Å²) >= 11 is 0. The molecular formula is C15H21N3O2. The number of hydrogen-bond acceptors (Lipinski definition) is 4. The van der Waals surface area contributed by atoms with E-state index in [1.165, 1.54) is 19.4 Å². The van der Waals surface area contributed by atoms with Gasteiger partial charge >= 0.3 is 5.97 Å². The fraction of sp³-hybridized carbons (Fsp3) is 0.533. The summed E-state index contributed by atoms with van der Waals surface area (Å²) in [6.45, 7) is 5.34. The highest BCUT2D eigenvalue weighted by Gasteiger charge is 2.35. The minimum absolute atomic E-state index is 0.198. The van der Waals surface area contributed by atoms with Crippen molar-refractivity contribution in [3.63, 3.8) is 0 Å². The van der Waals surface area contributed by atoms with E-state index >= 15 is 0 Å². The number of carboxylic acids is 1. The standard InChI is InChI=1S/C15H21N3O2/c1-10-8-17-7-3-4-11(17)9-18(10)13-6-2-5-12(14(13)16)15(19)20/h2,5-6,10-11H,3-4,7-9,16H2,1H3,(H,19,20). The number of nitrogen functional groups attached to an aromatic ring is 1. The zero-order valence-electron chi connectivity index (χ0n) is 11.7. The Hall–Kier alpha value is -1.75. The Bertz CT molecular complexity index is 532. The summed E-state index contributed by atoms with van der Waals surface area (Å²) in [4.78, 5) is 16.0. The van der Waals surface area contributed by atoms with Crippen LogP contribution < -0.4 is 10.6 Å². The number of rotatable bonds is 2. The molecule has 0 bridgehead atoms. The third kappa shape index (κ3) is 2.12. The van der Waals surface area contributed by atoms with E-state index in [0.29, 0.717) is 17.8 Å². The molecule has 2 atom stereocenters. The summed E-state index contributed by atoms with van der Waals surface area (Å²) in [5, 5.41) is 9.20. The van der Waals surface area contributed by atoms with Crippen LogP contribution in [0.25, 0.3) is 0 Å². The fourth-order valence-electron chi connectivity index (χ4n) is 3.51. The predicted molar refractivity (Wildman–Crippen MR) is 79.2 cm³/mol. The van der Waals surface area contributed by atoms with Crippen LogP contribution >= 0.6 is 0 Å². The first-order valence-corrected chi connectivity index (χ1v) is 7.20. The van der Waals surface area contributed by atoms with Crippen molar-refractivity contribution in [1.29, 1.82) is 0 Å². The maximum absolute atomic E-state index is 11.2. The van der Waals surface area contributed by atoms with Crippen LogP contribution in [0.3, 0.4) is 0 Å². The number of para-hydroxylation sites is 1. The van der Waals surface area contributed by atoms with Crippen molar-refractivity contribution in [1.82, 2.24) is 4.90 Å². The van der Waals surface area contributed by atoms with E-state index in [1.807, 2.05) is 6.07 Å². The van der Waals surface area contributed by atoms with Gasteiger partial charge < -0.3 is 15.7 Å². The molecule has 0 aliphatic carbocycles. The lowest BCUT2D eigenvalue weighted by atomic mass is 10.0. The van der Waals surface area contributed by atoms with Crippen LogP contribution in [0, 0.1) is 0 Å². The van der Waals surface area contributed by atoms with Crippen LogP contribution in [0.1, 0.15) is 30.1 Å². The van der Waals surface area contributed by atoms with Gasteiger partial charge in [-0.05, 0) is 38.4 Å². The lowest BCUT2D eigenvalue weighted by Crippen LogP contribution is -2.55. The lowest BCUT2D eigenvalue weighted by molar-refractivity contribution is 0.0698. The molecule has 0 spiro atoms. The number of carbonyl (C=O) groups is 1. The van der Waals surface area contributed by atoms with Crippen molar-refractivity contribution < 1.29 is 9.90 Å². The molecule has 108 valence electrons. The zero-order valence-corrected chi connectivity index (χ0v) is 11.7. The highest BCUT2D eigenvalue weighted by atomic mass is 16.4. The Kier molecular flexibility index (Phi) is 3.30. The van der Waals surface area contributed by atoms with Crippen LogP contribution in [0.2, 0.25) is 0 Å². The SMILES string of the molecule is CC1CN2CCCC2CN1c1cccc(C(=O)O)c1N. The predicted octanol–water partition coefficient (Wildman–Crippen LogP) is 1.64. The van der Waals surface area contributed by atoms with Crippen LogP contribution in [-0.4, -0.2) is 47.7 Å². The Balaban J connectivity index is 1.92. The summed E-state index contributed by atoms with van der Waals surface area (Å²) in [5.41, 5.74) is 7.53. The van der Waals surface area contributed by atoms with E-state index in [4.69, 9.17) is 5.73 Å². The number of hydrogen-bond donors (Lipinski definition) is 2. The normalized spacial score (nSPS) is 26.6. The Morgan fingerprint density at radius 3 is 2.95 bits per heavy atom. The molecule has 0 aromatic heterocycles. The third-order valence-electron chi connectivity index (χ3n) is 4.56. The molecule has 3 N–H and O–H groups in total. The zero-order chi connectivity index (χ0) is 14.3. The van der Waals surface area contributed by atoms with Gasteiger partial charge in [0.2, 0.25) is 0 Å². The maximum Gasteiger partial charge on any atom is 0.337 e. The largest absolute Gasteiger partial charge is 0.478 e. The topological polar surface area (TPSA) is 69.8 Å². The fourth-order valence-corrected chi connectivity index (χ4v) is 3.51. The van der Waals surface area contributed by atoms with Crippen molar-refractivity contribution >= 4 is 17.3 Å². The summed E-state index contributed by atoms with van der Waals surface area (Å²) in [6, 6.07) is 6.22. The first-order chi connectivity index (χ1) is 9.58. The van der Waals surface area contributed by atoms with Gasteiger partial charge in [0.1, 0.15) is 0 Å². The molecule has 2 aliphatic heterocycles. The van der Waals surface area contributed by atoms with Gasteiger partial charge in [0.05, 0.1) is 16.9 Å². The maximum atomic E-state index is 11.2. The molecule has 5 nitrogen and oxygen atoms in total. The van der Waals surface area contributed by atoms with Crippen LogP contribution in [-0.2, 0) is 0 Å². The van der Waals surface area contributed by atoms with E-state index in [0.717, 1.165) is 18.8 Å². The molecule has 0 saturated carbocycles. The number of nitrogens with two attached hydrogens (primary N) is 1. The van der Waals surface area contributed by atoms with E-state index in [2.05, 4.69) is 16.7 Å². The molecular weight excluding hydrogens is 254 g/mol. The van der Waals surface area contributed by atoms with E-state index in [1.54, 1.807) is 12.1 Å². The number of piperazine rings is 1. The number of benzene rings is 1. The smallest absolute Gasteiger partial charge is 0.337 e. The van der Waals surface area contributed by atoms with Crippen molar-refractivity contribution in [2.75, 3.05) is 30.3 Å². The van der Waals surface area contributed by atoms with E-state index < -0.39 is 5.97 Å². The minimum atomic E-state index is -0.962. The molecule has 0 amide bonds. The van der Waals surface area contributed by atoms with Crippen LogP contribution in [0.5, 0.6) is 0 Å². The van der Waals surface area contributed by atoms with Crippen LogP contribution in [0.15, 0.2) is 18.2 Å². The number of carboxylic acid groups (broad SMARTS) is 1. The van der Waals surface area contributed by atoms with Gasteiger partial charge in [0, 0.05) is 25.2 Å². The number of aromatic carboxylic acids is 1. The molecule has 2 aliphatic rings. The molecule has 20 heavy (non-hydrogen) atoms. The number of anilines is 2. The monoisotopic (exact) mass is 275 g/mol. The summed E-state index contributed by atoms with van der Waals surface area (Å²) in [5.74, 6) is -0.962. The summed E-state index contributed by atoms with van der Waals surface area (Å²) in [6.07, 6.45) is 2.48. The van der Waals surface area contributed by atoms with Gasteiger partial charge in [-0.3, -0.25) is 4.90 Å². The third-order valence-corrected chi connectivity index (χ3v) is 4.56. The Morgan fingerprint density at radius 2 is 2.20 bits per heavy atom. The second-order valence-corrected chi connectivity index (χ2v) is 5.84. The van der Waals surface area contributed by atoms with E-state index in [-0.39, 0.29) is 5.56 Å². The number of fused-ring (bicyclic) bond motifs is 1. The summed E-state index contributed by atoms with van der Waals surface area (Å²) < 4.78 is 0. The Morgan fingerprint density at radius 1 is 1.40 bits per heavy atom. The van der Waals surface area contributed by atoms with Gasteiger partial charge in [-0.15, -0.1) is 0 Å². The molecule has 1 aromatic rings. The molecule has 3 rings (SSSR count). The first-order valence-electron chi connectivity index (χ1n) is 7.20. The molecule has 2 fully saturated rings. The average molecular weight is 275 g/mol. The molecule has 2 unspecified atom stereocenters. The van der Waals surface area contributed by atoms with Crippen molar-refractivity contribution in [3.05, 3.63) is 23.8 Å². The van der Waals surface area contributed by atoms with Crippen LogP contribution in [0.4, 0.5) is 11.4 Å². The van der Waals surface area contributed by atoms with Gasteiger partial charge in [-0.1, -0.05) is 6.07 Å². The Labute approximate surface area is 119 Å². The van der Waals surface area contributed by atoms with Crippen molar-refractivity contribution in [2.24, 2.45) is 0 Å². The highest BCUT2D eigenvalue weighted by Crippen LogP contribution is 2.33. The second-order valence-electron chi connectivity index (χ2n) is 5.84. The van der Waals surface area contributed by atoms with Crippen molar-refractivity contribution in [2.45, 2.75) is 31.8 Å². The molecule has 1 aromatic carbocycles. The number of nitrogens with zero attached hydrogens (tertiary/aromatic N) is 2. The molecule has 5 heteroatoms. The highest BCUT2D eigenvalue weighted by molar-refractivity contribution is 5.97. The minimum Gasteiger partial charge on any atom is -0.478 e. The molecule has 2 heterocycles. The van der Waals surface area contributed by atoms with Gasteiger partial charge in [-0.25, -0.2) is 4.79 Å². The van der Waals surface area contributed by atoms with Gasteiger partial charge in [0.25, 0.3) is 0 Å². The van der Waals surface area contributed by atoms with Gasteiger partial charge in [-0.2, -0.15) is 0 Å². The molecule has 0 radical (unpaired) electrons. The lowest BCUT2D eigenvalue weighted by Gasteiger charge is -2.44. The quantitative estimate of drug-likeness (QED) is 0.803. The average Bonchev–Trinajstić information content (AvgIpc) is 2.85. The van der Waals surface area contributed by atoms with Gasteiger partial charge in [0.15, 0.2) is 0 Å².